The number of H-pyrrole nitrogens is 2. The fourth-order valence-corrected chi connectivity index (χ4v) is 7.05. The molecule has 0 saturated carbocycles. The van der Waals surface area contributed by atoms with Gasteiger partial charge in [0.25, 0.3) is 0 Å². The zero-order chi connectivity index (χ0) is 34.0. The van der Waals surface area contributed by atoms with Gasteiger partial charge in [-0.1, -0.05) is 24.3 Å². The predicted molar refractivity (Wildman–Crippen MR) is 174 cm³/mol. The first kappa shape index (κ1) is 31.4. The molecule has 0 saturated heterocycles. The van der Waals surface area contributed by atoms with Crippen LogP contribution in [0.25, 0.3) is 67.5 Å². The Labute approximate surface area is 273 Å². The highest BCUT2D eigenvalue weighted by molar-refractivity contribution is 7.95. The molecule has 0 radical (unpaired) electrons. The Hall–Kier alpha value is -5.23. The Morgan fingerprint density at radius 3 is 1.50 bits per heavy atom. The van der Waals surface area contributed by atoms with Crippen molar-refractivity contribution in [2.24, 2.45) is 0 Å². The van der Waals surface area contributed by atoms with Crippen molar-refractivity contribution in [3.63, 3.8) is 0 Å². The minimum atomic E-state index is -5.05. The number of aromatic nitrogens is 4. The largest absolute Gasteiger partial charge is 0.744 e. The molecule has 16 heteroatoms. The minimum Gasteiger partial charge on any atom is -0.744 e. The summed E-state index contributed by atoms with van der Waals surface area (Å²) in [6.45, 7) is 0. The topological polar surface area (TPSA) is 229 Å². The summed E-state index contributed by atoms with van der Waals surface area (Å²) in [5.74, 6) is 0. The zero-order valence-corrected chi connectivity index (χ0v) is 26.6. The van der Waals surface area contributed by atoms with Crippen LogP contribution >= 0.6 is 0 Å². The lowest BCUT2D eigenvalue weighted by Gasteiger charge is -2.09. The van der Waals surface area contributed by atoms with E-state index in [2.05, 4.69) is 19.9 Å². The molecule has 0 unspecified atom stereocenters. The fraction of sp³-hybridized carbons (Fsp3) is 0. The molecule has 13 nitrogen and oxygen atoms in total. The van der Waals surface area contributed by atoms with Crippen LogP contribution in [0, 0.1) is 0 Å². The average molecular weight is 700 g/mol. The molecule has 242 valence electrons. The van der Waals surface area contributed by atoms with Crippen LogP contribution in [0.1, 0.15) is 22.8 Å². The molecular weight excluding hydrogens is 681 g/mol. The van der Waals surface area contributed by atoms with Crippen molar-refractivity contribution in [2.75, 3.05) is 0 Å². The number of nitrogens with zero attached hydrogens (tertiary/aromatic N) is 2. The van der Waals surface area contributed by atoms with Crippen molar-refractivity contribution < 1.29 is 38.9 Å². The van der Waals surface area contributed by atoms with Crippen LogP contribution in [-0.4, -0.2) is 58.8 Å². The van der Waals surface area contributed by atoms with E-state index >= 15 is 0 Å². The van der Waals surface area contributed by atoms with Crippen molar-refractivity contribution in [2.45, 2.75) is 9.79 Å². The van der Waals surface area contributed by atoms with E-state index in [4.69, 9.17) is 0 Å². The molecule has 0 spiro atoms. The van der Waals surface area contributed by atoms with E-state index in [-0.39, 0.29) is 17.1 Å². The Bertz CT molecular complexity index is 2730. The van der Waals surface area contributed by atoms with Gasteiger partial charge in [0.15, 0.2) is 0 Å². The lowest BCUT2D eigenvalue weighted by Crippen LogP contribution is -1.99. The minimum absolute atomic E-state index is 0.0727. The molecule has 5 aromatic rings. The van der Waals surface area contributed by atoms with Crippen LogP contribution < -0.4 is 0 Å². The fourth-order valence-electron chi connectivity index (χ4n) is 5.50. The summed E-state index contributed by atoms with van der Waals surface area (Å²) in [7, 11) is -14.5. The van der Waals surface area contributed by atoms with Gasteiger partial charge in [0.1, 0.15) is 30.4 Å². The van der Waals surface area contributed by atoms with Gasteiger partial charge in [0.05, 0.1) is 37.5 Å². The number of hydrogen-bond donors (Lipinski definition) is 2. The first-order valence-electron chi connectivity index (χ1n) is 13.9. The molecule has 0 aliphatic carbocycles. The molecule has 0 fully saturated rings. The molecule has 0 atom stereocenters. The Morgan fingerprint density at radius 2 is 1.02 bits per heavy atom. The van der Waals surface area contributed by atoms with Crippen molar-refractivity contribution >= 4 is 75.6 Å². The molecule has 2 N–H and O–H groups in total. The van der Waals surface area contributed by atoms with Crippen LogP contribution in [0.3, 0.4) is 0 Å². The summed E-state index contributed by atoms with van der Waals surface area (Å²) in [6, 6.07) is 20.5. The highest BCUT2D eigenvalue weighted by Gasteiger charge is 2.21. The molecule has 2 aliphatic rings. The maximum atomic E-state index is 12.4. The molecule has 2 aromatic carbocycles. The second-order valence-corrected chi connectivity index (χ2v) is 14.9. The van der Waals surface area contributed by atoms with Crippen molar-refractivity contribution in [1.29, 1.82) is 0 Å². The van der Waals surface area contributed by atoms with Gasteiger partial charge in [-0.3, -0.25) is 0 Å². The highest BCUT2D eigenvalue weighted by atomic mass is 32.2. The van der Waals surface area contributed by atoms with E-state index in [0.717, 1.165) is 18.2 Å². The molecule has 2 aliphatic heterocycles. The van der Waals surface area contributed by atoms with Gasteiger partial charge in [-0.05, 0) is 90.0 Å². The summed E-state index contributed by atoms with van der Waals surface area (Å²) < 4.78 is 107. The van der Waals surface area contributed by atoms with Crippen LogP contribution in [-0.2, 0) is 30.4 Å². The first-order valence-corrected chi connectivity index (χ1v) is 18.1. The van der Waals surface area contributed by atoms with Crippen molar-refractivity contribution in [1.82, 2.24) is 19.9 Å². The summed E-state index contributed by atoms with van der Waals surface area (Å²) in [5, 5.41) is 0. The van der Waals surface area contributed by atoms with Gasteiger partial charge in [-0.15, -0.1) is 0 Å². The van der Waals surface area contributed by atoms with Gasteiger partial charge in [-0.25, -0.2) is 35.2 Å². The summed E-state index contributed by atoms with van der Waals surface area (Å²) in [5.41, 5.74) is 4.55. The number of benzene rings is 2. The van der Waals surface area contributed by atoms with Gasteiger partial charge in [0, 0.05) is 33.2 Å². The summed E-state index contributed by atoms with van der Waals surface area (Å²) in [6.07, 6.45) is 4.35. The third-order valence-corrected chi connectivity index (χ3v) is 10.2. The molecular formula is C32H19N4O9S3-3. The second kappa shape index (κ2) is 11.2. The van der Waals surface area contributed by atoms with E-state index in [0.29, 0.717) is 50.0 Å². The van der Waals surface area contributed by atoms with E-state index < -0.39 is 45.1 Å². The maximum absolute atomic E-state index is 12.4. The first-order chi connectivity index (χ1) is 22.6. The average Bonchev–Trinajstić information content (AvgIpc) is 3.82. The van der Waals surface area contributed by atoms with E-state index in [1.165, 1.54) is 42.5 Å². The van der Waals surface area contributed by atoms with Crippen molar-refractivity contribution in [3.05, 3.63) is 108 Å². The smallest absolute Gasteiger partial charge is 0.126 e. The number of fused-ring (bicyclic) bond motifs is 8. The molecule has 0 amide bonds. The quantitative estimate of drug-likeness (QED) is 0.235. The van der Waals surface area contributed by atoms with Crippen LogP contribution in [0.5, 0.6) is 0 Å². The maximum Gasteiger partial charge on any atom is 0.126 e. The Balaban J connectivity index is 1.56. The number of aromatic amines is 2. The third-order valence-electron chi connectivity index (χ3n) is 7.62. The number of rotatable bonds is 5. The van der Waals surface area contributed by atoms with Gasteiger partial charge in [-0.2, -0.15) is 0 Å². The van der Waals surface area contributed by atoms with Gasteiger partial charge < -0.3 is 23.6 Å². The number of nitrogens with one attached hydrogen (secondary N) is 2. The molecule has 48 heavy (non-hydrogen) atoms. The van der Waals surface area contributed by atoms with Crippen LogP contribution in [0.4, 0.5) is 0 Å². The van der Waals surface area contributed by atoms with E-state index in [1.807, 2.05) is 6.07 Å². The lowest BCUT2D eigenvalue weighted by atomic mass is 10.0. The Morgan fingerprint density at radius 1 is 0.521 bits per heavy atom. The summed E-state index contributed by atoms with van der Waals surface area (Å²) >= 11 is 0. The van der Waals surface area contributed by atoms with Crippen molar-refractivity contribution in [3.8, 4) is 22.3 Å². The van der Waals surface area contributed by atoms with Crippen LogP contribution in [0.2, 0.25) is 0 Å². The van der Waals surface area contributed by atoms with Gasteiger partial charge in [0.2, 0.25) is 0 Å². The number of hydrogen-bond acceptors (Lipinski definition) is 11. The SMILES string of the molecule is O=S(=O)([O-])C1=Cc2nc1cc1nc(c(-c3ccc(S(=O)(=O)[O-])cc3)c3ccc(cc4ccc([nH]4)c2-c2ccc(S(=O)(=O)[O-])cc2)[nH]3)C=C1. The molecule has 8 bridgehead atoms. The monoisotopic (exact) mass is 699 g/mol. The standard InChI is InChI=1S/C32H22N4O9S3/c37-46(38,39)23-8-1-18(2-9-23)31-25-12-5-20(33-25)15-21-6-13-27(34-21)32(19-3-10-24(11-4-19)47(40,41)42)29-17-30(48(43,44)45)28(36-29)16-22-7-14-26(31)35-22/h1-17,33-34H,(H,37,38,39)(H,40,41,42)(H,43,44,45)/p-3. The normalized spacial score (nSPS) is 13.4. The second-order valence-electron chi connectivity index (χ2n) is 10.8. The molecule has 3 aromatic heterocycles. The predicted octanol–water partition coefficient (Wildman–Crippen LogP) is 4.67. The third kappa shape index (κ3) is 5.99. The molecule has 7 rings (SSSR count). The lowest BCUT2D eigenvalue weighted by molar-refractivity contribution is 0.461. The van der Waals surface area contributed by atoms with Crippen LogP contribution in [0.15, 0.2) is 94.7 Å². The highest BCUT2D eigenvalue weighted by Crippen LogP contribution is 2.36. The summed E-state index contributed by atoms with van der Waals surface area (Å²) in [4.78, 5) is 14.2. The van der Waals surface area contributed by atoms with E-state index in [1.54, 1.807) is 36.4 Å². The Kier molecular flexibility index (Phi) is 7.31. The molecule has 5 heterocycles. The zero-order valence-electron chi connectivity index (χ0n) is 24.1. The van der Waals surface area contributed by atoms with E-state index in [9.17, 15) is 38.9 Å². The van der Waals surface area contributed by atoms with Gasteiger partial charge >= 0.3 is 0 Å².